The van der Waals surface area contributed by atoms with Crippen LogP contribution >= 0.6 is 27.7 Å². The number of hydrogen-bond acceptors (Lipinski definition) is 5. The maximum atomic E-state index is 11.9. The average molecular weight is 362 g/mol. The SMILES string of the molecule is CSCC[C@@H](N)C(=O)Nc1cc([N+](=O)[O-])c(C)cc1Br. The van der Waals surface area contributed by atoms with Crippen LogP contribution in [0.3, 0.4) is 0 Å². The monoisotopic (exact) mass is 361 g/mol. The van der Waals surface area contributed by atoms with Crippen LogP contribution in [0.25, 0.3) is 0 Å². The molecule has 0 spiro atoms. The van der Waals surface area contributed by atoms with Crippen LogP contribution in [0.4, 0.5) is 11.4 Å². The molecule has 6 nitrogen and oxygen atoms in total. The molecule has 110 valence electrons. The molecule has 1 amide bonds. The Balaban J connectivity index is 2.89. The number of anilines is 1. The van der Waals surface area contributed by atoms with Crippen molar-refractivity contribution in [2.45, 2.75) is 19.4 Å². The lowest BCUT2D eigenvalue weighted by Crippen LogP contribution is -2.36. The van der Waals surface area contributed by atoms with Crippen LogP contribution in [0.15, 0.2) is 16.6 Å². The minimum Gasteiger partial charge on any atom is -0.323 e. The first-order valence-corrected chi connectivity index (χ1v) is 8.05. The minimum atomic E-state index is -0.630. The second-order valence-electron chi connectivity index (χ2n) is 4.25. The highest BCUT2D eigenvalue weighted by Crippen LogP contribution is 2.30. The predicted molar refractivity (Wildman–Crippen MR) is 85.1 cm³/mol. The van der Waals surface area contributed by atoms with Crippen molar-refractivity contribution < 1.29 is 9.72 Å². The van der Waals surface area contributed by atoms with Gasteiger partial charge in [0.15, 0.2) is 0 Å². The first kappa shape index (κ1) is 16.9. The van der Waals surface area contributed by atoms with Crippen LogP contribution in [0.5, 0.6) is 0 Å². The van der Waals surface area contributed by atoms with Gasteiger partial charge < -0.3 is 11.1 Å². The highest BCUT2D eigenvalue weighted by atomic mass is 79.9. The van der Waals surface area contributed by atoms with Crippen molar-refractivity contribution in [1.82, 2.24) is 0 Å². The summed E-state index contributed by atoms with van der Waals surface area (Å²) >= 11 is 4.88. The van der Waals surface area contributed by atoms with E-state index in [0.717, 1.165) is 5.75 Å². The van der Waals surface area contributed by atoms with Gasteiger partial charge in [-0.15, -0.1) is 0 Å². The van der Waals surface area contributed by atoms with E-state index in [4.69, 9.17) is 5.73 Å². The maximum Gasteiger partial charge on any atom is 0.274 e. The topological polar surface area (TPSA) is 98.3 Å². The molecule has 0 aliphatic rings. The molecular formula is C12H16BrN3O3S. The van der Waals surface area contributed by atoms with Gasteiger partial charge in [0, 0.05) is 16.1 Å². The van der Waals surface area contributed by atoms with Crippen LogP contribution < -0.4 is 11.1 Å². The summed E-state index contributed by atoms with van der Waals surface area (Å²) < 4.78 is 0.589. The summed E-state index contributed by atoms with van der Waals surface area (Å²) in [6, 6.07) is 2.30. The van der Waals surface area contributed by atoms with Gasteiger partial charge in [-0.25, -0.2) is 0 Å². The van der Waals surface area contributed by atoms with Crippen molar-refractivity contribution in [1.29, 1.82) is 0 Å². The highest BCUT2D eigenvalue weighted by Gasteiger charge is 2.18. The summed E-state index contributed by atoms with van der Waals surface area (Å²) in [5.41, 5.74) is 6.59. The molecule has 0 radical (unpaired) electrons. The molecule has 1 atom stereocenters. The van der Waals surface area contributed by atoms with Crippen LogP contribution in [0.2, 0.25) is 0 Å². The number of carbonyl (C=O) groups is 1. The third kappa shape index (κ3) is 4.46. The van der Waals surface area contributed by atoms with E-state index >= 15 is 0 Å². The van der Waals surface area contributed by atoms with E-state index in [1.165, 1.54) is 6.07 Å². The first-order chi connectivity index (χ1) is 9.36. The van der Waals surface area contributed by atoms with E-state index in [0.29, 0.717) is 22.1 Å². The van der Waals surface area contributed by atoms with E-state index in [9.17, 15) is 14.9 Å². The highest BCUT2D eigenvalue weighted by molar-refractivity contribution is 9.10. The molecule has 0 unspecified atom stereocenters. The Bertz CT molecular complexity index is 525. The molecular weight excluding hydrogens is 346 g/mol. The van der Waals surface area contributed by atoms with E-state index in [-0.39, 0.29) is 11.6 Å². The molecule has 20 heavy (non-hydrogen) atoms. The number of benzene rings is 1. The Hall–Kier alpha value is -1.12. The van der Waals surface area contributed by atoms with E-state index in [1.54, 1.807) is 24.8 Å². The fraction of sp³-hybridized carbons (Fsp3) is 0.417. The van der Waals surface area contributed by atoms with Gasteiger partial charge in [0.05, 0.1) is 16.7 Å². The summed E-state index contributed by atoms with van der Waals surface area (Å²) in [7, 11) is 0. The standard InChI is InChI=1S/C12H16BrN3O3S/c1-7-5-8(13)10(6-11(7)16(18)19)15-12(17)9(14)3-4-20-2/h5-6,9H,3-4,14H2,1-2H3,(H,15,17)/t9-/m1/s1. The van der Waals surface area contributed by atoms with Crippen molar-refractivity contribution in [3.8, 4) is 0 Å². The van der Waals surface area contributed by atoms with Gasteiger partial charge >= 0.3 is 0 Å². The molecule has 0 aliphatic carbocycles. The molecule has 0 saturated carbocycles. The number of nitro groups is 1. The summed E-state index contributed by atoms with van der Waals surface area (Å²) in [5, 5.41) is 13.5. The second kappa shape index (κ2) is 7.61. The number of carbonyl (C=O) groups excluding carboxylic acids is 1. The minimum absolute atomic E-state index is 0.0406. The maximum absolute atomic E-state index is 11.9. The fourth-order valence-electron chi connectivity index (χ4n) is 1.56. The molecule has 0 aromatic heterocycles. The zero-order chi connectivity index (χ0) is 15.3. The normalized spacial score (nSPS) is 12.0. The van der Waals surface area contributed by atoms with Crippen molar-refractivity contribution in [3.05, 3.63) is 32.3 Å². The second-order valence-corrected chi connectivity index (χ2v) is 6.09. The molecule has 0 aliphatic heterocycles. The van der Waals surface area contributed by atoms with Crippen molar-refractivity contribution >= 4 is 45.0 Å². The van der Waals surface area contributed by atoms with Gasteiger partial charge in [0.25, 0.3) is 5.69 Å². The number of thioether (sulfide) groups is 1. The molecule has 0 saturated heterocycles. The summed E-state index contributed by atoms with van der Waals surface area (Å²) in [6.45, 7) is 1.64. The average Bonchev–Trinajstić information content (AvgIpc) is 2.38. The van der Waals surface area contributed by atoms with Crippen molar-refractivity contribution in [2.24, 2.45) is 5.73 Å². The summed E-state index contributed by atoms with van der Waals surface area (Å²) in [4.78, 5) is 22.3. The molecule has 0 bridgehead atoms. The Labute approximate surface area is 129 Å². The third-order valence-electron chi connectivity index (χ3n) is 2.71. The lowest BCUT2D eigenvalue weighted by Gasteiger charge is -2.13. The Kier molecular flexibility index (Phi) is 6.44. The number of rotatable bonds is 6. The van der Waals surface area contributed by atoms with Crippen molar-refractivity contribution in [2.75, 3.05) is 17.3 Å². The number of nitro benzene ring substituents is 1. The Morgan fingerprint density at radius 2 is 2.25 bits per heavy atom. The molecule has 1 aromatic carbocycles. The van der Waals surface area contributed by atoms with Gasteiger partial charge in [-0.1, -0.05) is 0 Å². The largest absolute Gasteiger partial charge is 0.323 e. The number of halogens is 1. The molecule has 0 fully saturated rings. The van der Waals surface area contributed by atoms with E-state index in [1.807, 2.05) is 6.26 Å². The number of nitrogens with one attached hydrogen (secondary N) is 1. The number of hydrogen-bond donors (Lipinski definition) is 2. The van der Waals surface area contributed by atoms with Gasteiger partial charge in [0.1, 0.15) is 0 Å². The predicted octanol–water partition coefficient (Wildman–Crippen LogP) is 2.68. The smallest absolute Gasteiger partial charge is 0.274 e. The molecule has 0 heterocycles. The zero-order valence-electron chi connectivity index (χ0n) is 11.2. The van der Waals surface area contributed by atoms with Crippen LogP contribution in [0.1, 0.15) is 12.0 Å². The van der Waals surface area contributed by atoms with E-state index in [2.05, 4.69) is 21.2 Å². The molecule has 1 rings (SSSR count). The molecule has 3 N–H and O–H groups in total. The number of nitrogens with zero attached hydrogens (tertiary/aromatic N) is 1. The number of amides is 1. The van der Waals surface area contributed by atoms with Crippen LogP contribution in [0, 0.1) is 17.0 Å². The van der Waals surface area contributed by atoms with Crippen LogP contribution in [-0.2, 0) is 4.79 Å². The fourth-order valence-corrected chi connectivity index (χ4v) is 2.60. The van der Waals surface area contributed by atoms with Gasteiger partial charge in [-0.2, -0.15) is 11.8 Å². The van der Waals surface area contributed by atoms with Gasteiger partial charge in [0.2, 0.25) is 5.91 Å². The molecule has 1 aromatic rings. The first-order valence-electron chi connectivity index (χ1n) is 5.86. The Morgan fingerprint density at radius 1 is 1.60 bits per heavy atom. The van der Waals surface area contributed by atoms with Crippen LogP contribution in [-0.4, -0.2) is 28.9 Å². The quantitative estimate of drug-likeness (QED) is 0.599. The van der Waals surface area contributed by atoms with Crippen molar-refractivity contribution in [3.63, 3.8) is 0 Å². The number of aryl methyl sites for hydroxylation is 1. The zero-order valence-corrected chi connectivity index (χ0v) is 13.6. The third-order valence-corrected chi connectivity index (χ3v) is 4.01. The Morgan fingerprint density at radius 3 is 2.80 bits per heavy atom. The molecule has 8 heteroatoms. The lowest BCUT2D eigenvalue weighted by molar-refractivity contribution is -0.385. The number of nitrogens with two attached hydrogens (primary N) is 1. The lowest BCUT2D eigenvalue weighted by atomic mass is 10.1. The van der Waals surface area contributed by atoms with Gasteiger partial charge in [-0.3, -0.25) is 14.9 Å². The van der Waals surface area contributed by atoms with E-state index < -0.39 is 11.0 Å². The summed E-state index contributed by atoms with van der Waals surface area (Å²) in [6.07, 6.45) is 2.49. The summed E-state index contributed by atoms with van der Waals surface area (Å²) in [5.74, 6) is 0.432. The van der Waals surface area contributed by atoms with Gasteiger partial charge in [-0.05, 0) is 47.3 Å².